The number of rotatable bonds is 3. The lowest BCUT2D eigenvalue weighted by molar-refractivity contribution is 0.629. The van der Waals surface area contributed by atoms with E-state index in [9.17, 15) is 0 Å². The van der Waals surface area contributed by atoms with Crippen molar-refractivity contribution in [1.82, 2.24) is 20.2 Å². The standard InChI is InChI=1S/C8H10BrN5/c1-4-7(10-5-6(2)9)8-11-13-14(3)12-8/h4-5H,2H2,1,3H3/b7-4-,10-5-. The molecule has 0 unspecified atom stereocenters. The van der Waals surface area contributed by atoms with Crippen LogP contribution in [0.5, 0.6) is 0 Å². The van der Waals surface area contributed by atoms with Crippen LogP contribution in [0.25, 0.3) is 5.70 Å². The molecule has 0 bridgehead atoms. The van der Waals surface area contributed by atoms with Crippen molar-refractivity contribution in [1.29, 1.82) is 0 Å². The van der Waals surface area contributed by atoms with Gasteiger partial charge in [0, 0.05) is 10.7 Å². The highest BCUT2D eigenvalue weighted by Crippen LogP contribution is 2.09. The summed E-state index contributed by atoms with van der Waals surface area (Å²) in [7, 11) is 1.71. The summed E-state index contributed by atoms with van der Waals surface area (Å²) in [5.41, 5.74) is 0.665. The predicted octanol–water partition coefficient (Wildman–Crippen LogP) is 1.55. The van der Waals surface area contributed by atoms with E-state index in [1.807, 2.05) is 13.0 Å². The van der Waals surface area contributed by atoms with Crippen LogP contribution in [0.4, 0.5) is 0 Å². The van der Waals surface area contributed by atoms with Crippen LogP contribution in [0.3, 0.4) is 0 Å². The molecule has 0 saturated heterocycles. The molecule has 1 aromatic rings. The van der Waals surface area contributed by atoms with Crippen molar-refractivity contribution >= 4 is 27.8 Å². The van der Waals surface area contributed by atoms with Crippen molar-refractivity contribution in [3.63, 3.8) is 0 Å². The normalized spacial score (nSPS) is 12.4. The number of aliphatic imine (C=N–C) groups is 1. The molecule has 74 valence electrons. The van der Waals surface area contributed by atoms with Gasteiger partial charge >= 0.3 is 0 Å². The maximum absolute atomic E-state index is 4.14. The second-order valence-corrected chi connectivity index (χ2v) is 3.50. The Labute approximate surface area is 90.4 Å². The topological polar surface area (TPSA) is 56.0 Å². The number of nitrogens with zero attached hydrogens (tertiary/aromatic N) is 5. The Morgan fingerprint density at radius 3 is 2.79 bits per heavy atom. The van der Waals surface area contributed by atoms with Crippen molar-refractivity contribution in [2.45, 2.75) is 6.92 Å². The van der Waals surface area contributed by atoms with Crippen LogP contribution in [0.1, 0.15) is 12.7 Å². The summed E-state index contributed by atoms with van der Waals surface area (Å²) < 4.78 is 0.695. The third-order valence-electron chi connectivity index (χ3n) is 1.35. The quantitative estimate of drug-likeness (QED) is 0.771. The molecule has 14 heavy (non-hydrogen) atoms. The lowest BCUT2D eigenvalue weighted by Gasteiger charge is -1.91. The minimum absolute atomic E-state index is 0.500. The molecule has 1 aromatic heterocycles. The molecular formula is C8H10BrN5. The van der Waals surface area contributed by atoms with E-state index in [4.69, 9.17) is 0 Å². The van der Waals surface area contributed by atoms with Gasteiger partial charge in [0.15, 0.2) is 0 Å². The minimum Gasteiger partial charge on any atom is -0.252 e. The van der Waals surface area contributed by atoms with E-state index in [1.54, 1.807) is 13.3 Å². The molecule has 6 heteroatoms. The predicted molar refractivity (Wildman–Crippen MR) is 59.0 cm³/mol. The Morgan fingerprint density at radius 2 is 2.36 bits per heavy atom. The minimum atomic E-state index is 0.500. The lowest BCUT2D eigenvalue weighted by atomic mass is 10.4. The van der Waals surface area contributed by atoms with Crippen molar-refractivity contribution < 1.29 is 0 Å². The molecule has 0 saturated carbocycles. The van der Waals surface area contributed by atoms with Crippen LogP contribution in [0.2, 0.25) is 0 Å². The summed E-state index contributed by atoms with van der Waals surface area (Å²) in [4.78, 5) is 5.52. The zero-order valence-corrected chi connectivity index (χ0v) is 9.56. The van der Waals surface area contributed by atoms with Crippen LogP contribution >= 0.6 is 15.9 Å². The van der Waals surface area contributed by atoms with E-state index < -0.39 is 0 Å². The van der Waals surface area contributed by atoms with E-state index in [1.165, 1.54) is 4.80 Å². The molecule has 1 rings (SSSR count). The van der Waals surface area contributed by atoms with Gasteiger partial charge in [0.05, 0.1) is 7.05 Å². The monoisotopic (exact) mass is 255 g/mol. The fourth-order valence-electron chi connectivity index (χ4n) is 0.788. The van der Waals surface area contributed by atoms with Crippen LogP contribution in [0, 0.1) is 0 Å². The molecule has 0 amide bonds. The number of hydrogen-bond donors (Lipinski definition) is 0. The number of halogens is 1. The van der Waals surface area contributed by atoms with Crippen molar-refractivity contribution in [2.75, 3.05) is 0 Å². The molecule has 0 fully saturated rings. The molecule has 0 aliphatic heterocycles. The highest BCUT2D eigenvalue weighted by molar-refractivity contribution is 9.12. The number of aryl methyl sites for hydroxylation is 1. The van der Waals surface area contributed by atoms with Gasteiger partial charge in [-0.2, -0.15) is 4.80 Å². The van der Waals surface area contributed by atoms with Gasteiger partial charge in [0.1, 0.15) is 5.70 Å². The van der Waals surface area contributed by atoms with Gasteiger partial charge in [-0.3, -0.25) is 4.99 Å². The molecule has 5 nitrogen and oxygen atoms in total. The number of tetrazole rings is 1. The lowest BCUT2D eigenvalue weighted by Crippen LogP contribution is -1.92. The van der Waals surface area contributed by atoms with Gasteiger partial charge in [-0.05, 0) is 28.1 Å². The van der Waals surface area contributed by atoms with Crippen LogP contribution in [0.15, 0.2) is 22.1 Å². The first kappa shape index (κ1) is 10.8. The molecule has 0 aliphatic rings. The fourth-order valence-corrected chi connectivity index (χ4v) is 0.890. The first-order valence-corrected chi connectivity index (χ1v) is 4.72. The maximum atomic E-state index is 4.14. The zero-order chi connectivity index (χ0) is 10.6. The molecule has 0 spiro atoms. The van der Waals surface area contributed by atoms with Gasteiger partial charge < -0.3 is 0 Å². The SMILES string of the molecule is C=C(Br)/C=N\C(=C/C)c1nnn(C)n1. The van der Waals surface area contributed by atoms with Crippen molar-refractivity contribution in [2.24, 2.45) is 12.0 Å². The zero-order valence-electron chi connectivity index (χ0n) is 7.98. The van der Waals surface area contributed by atoms with Crippen LogP contribution < -0.4 is 0 Å². The van der Waals surface area contributed by atoms with Gasteiger partial charge in [-0.25, -0.2) is 0 Å². The smallest absolute Gasteiger partial charge is 0.222 e. The molecule has 0 N–H and O–H groups in total. The highest BCUT2D eigenvalue weighted by atomic mass is 79.9. The molecule has 0 aliphatic carbocycles. The number of hydrogen-bond acceptors (Lipinski definition) is 4. The molecule has 0 atom stereocenters. The Balaban J connectivity index is 2.89. The van der Waals surface area contributed by atoms with E-state index in [2.05, 4.69) is 42.9 Å². The second kappa shape index (κ2) is 4.80. The molecule has 0 aromatic carbocycles. The Bertz CT molecular complexity index is 390. The third-order valence-corrected chi connectivity index (χ3v) is 1.56. The second-order valence-electron chi connectivity index (χ2n) is 2.48. The summed E-state index contributed by atoms with van der Waals surface area (Å²) >= 11 is 3.18. The number of allylic oxidation sites excluding steroid dienone is 2. The summed E-state index contributed by atoms with van der Waals surface area (Å²) in [6.07, 6.45) is 3.40. The first-order valence-electron chi connectivity index (χ1n) is 3.92. The van der Waals surface area contributed by atoms with Gasteiger partial charge in [-0.1, -0.05) is 12.7 Å². The Morgan fingerprint density at radius 1 is 1.64 bits per heavy atom. The molecule has 1 heterocycles. The average Bonchev–Trinajstić information content (AvgIpc) is 2.53. The van der Waals surface area contributed by atoms with Gasteiger partial charge in [-0.15, -0.1) is 10.2 Å². The van der Waals surface area contributed by atoms with E-state index in [-0.39, 0.29) is 0 Å². The average molecular weight is 256 g/mol. The van der Waals surface area contributed by atoms with Crippen molar-refractivity contribution in [3.05, 3.63) is 23.0 Å². The van der Waals surface area contributed by atoms with Gasteiger partial charge in [0.2, 0.25) is 5.82 Å². The summed E-state index contributed by atoms with van der Waals surface area (Å²) in [5.74, 6) is 0.500. The Hall–Kier alpha value is -1.30. The van der Waals surface area contributed by atoms with E-state index in [0.717, 1.165) is 0 Å². The fraction of sp³-hybridized carbons (Fsp3) is 0.250. The summed E-state index contributed by atoms with van der Waals surface area (Å²) in [5, 5.41) is 11.6. The maximum Gasteiger partial charge on any atom is 0.222 e. The summed E-state index contributed by atoms with van der Waals surface area (Å²) in [6.45, 7) is 5.50. The largest absolute Gasteiger partial charge is 0.252 e. The molecule has 0 radical (unpaired) electrons. The third kappa shape index (κ3) is 2.88. The van der Waals surface area contributed by atoms with Crippen LogP contribution in [-0.4, -0.2) is 26.4 Å². The van der Waals surface area contributed by atoms with E-state index >= 15 is 0 Å². The van der Waals surface area contributed by atoms with Gasteiger partial charge in [0.25, 0.3) is 0 Å². The van der Waals surface area contributed by atoms with Crippen molar-refractivity contribution in [3.8, 4) is 0 Å². The highest BCUT2D eigenvalue weighted by Gasteiger charge is 2.04. The number of aromatic nitrogens is 4. The van der Waals surface area contributed by atoms with Crippen LogP contribution in [-0.2, 0) is 7.05 Å². The molecular weight excluding hydrogens is 246 g/mol. The summed E-state index contributed by atoms with van der Waals surface area (Å²) in [6, 6.07) is 0. The van der Waals surface area contributed by atoms with E-state index in [0.29, 0.717) is 16.0 Å². The first-order chi connectivity index (χ1) is 6.63. The Kier molecular flexibility index (Phi) is 3.70.